The van der Waals surface area contributed by atoms with Gasteiger partial charge in [-0.3, -0.25) is 4.72 Å². The molecule has 0 fully saturated rings. The third kappa shape index (κ3) is 3.37. The summed E-state index contributed by atoms with van der Waals surface area (Å²) in [4.78, 5) is 3.76. The van der Waals surface area contributed by atoms with E-state index in [2.05, 4.69) is 25.6 Å². The number of nitrogens with zero attached hydrogens (tertiary/aromatic N) is 1. The van der Waals surface area contributed by atoms with Crippen molar-refractivity contribution < 1.29 is 8.42 Å². The Morgan fingerprint density at radius 2 is 2.00 bits per heavy atom. The topological polar surface area (TPSA) is 85.1 Å². The van der Waals surface area contributed by atoms with Crippen LogP contribution in [0.5, 0.6) is 0 Å². The van der Waals surface area contributed by atoms with Crippen molar-refractivity contribution in [1.29, 1.82) is 0 Å². The minimum absolute atomic E-state index is 0.0118. The van der Waals surface area contributed by atoms with Gasteiger partial charge in [-0.2, -0.15) is 0 Å². The van der Waals surface area contributed by atoms with E-state index in [4.69, 9.17) is 17.3 Å². The first kappa shape index (κ1) is 14.1. The van der Waals surface area contributed by atoms with Crippen molar-refractivity contribution in [1.82, 2.24) is 4.98 Å². The lowest BCUT2D eigenvalue weighted by Crippen LogP contribution is -2.13. The lowest BCUT2D eigenvalue weighted by atomic mass is 10.3. The van der Waals surface area contributed by atoms with Gasteiger partial charge in [-0.05, 0) is 30.3 Å². The molecule has 5 nitrogen and oxygen atoms in total. The van der Waals surface area contributed by atoms with E-state index in [0.717, 1.165) is 0 Å². The number of pyridine rings is 1. The monoisotopic (exact) mass is 361 g/mol. The second-order valence-corrected chi connectivity index (χ2v) is 6.65. The van der Waals surface area contributed by atoms with Crippen molar-refractivity contribution in [2.45, 2.75) is 4.90 Å². The van der Waals surface area contributed by atoms with Crippen molar-refractivity contribution in [2.24, 2.45) is 0 Å². The number of hydrogen-bond donors (Lipinski definition) is 2. The maximum Gasteiger partial charge on any atom is 0.263 e. The van der Waals surface area contributed by atoms with Gasteiger partial charge in [-0.1, -0.05) is 27.5 Å². The molecule has 0 radical (unpaired) electrons. The van der Waals surface area contributed by atoms with Gasteiger partial charge in [-0.25, -0.2) is 13.4 Å². The van der Waals surface area contributed by atoms with Gasteiger partial charge in [0.15, 0.2) is 0 Å². The SMILES string of the molecule is Nc1ccc(S(=O)(=O)Nc2cc(Br)ccc2Cl)cn1. The van der Waals surface area contributed by atoms with Crippen LogP contribution in [0.15, 0.2) is 45.9 Å². The summed E-state index contributed by atoms with van der Waals surface area (Å²) >= 11 is 9.18. The quantitative estimate of drug-likeness (QED) is 0.879. The van der Waals surface area contributed by atoms with Crippen LogP contribution in [0, 0.1) is 0 Å². The summed E-state index contributed by atoms with van der Waals surface area (Å²) in [6.07, 6.45) is 1.18. The number of nitrogen functional groups attached to an aromatic ring is 1. The van der Waals surface area contributed by atoms with Crippen LogP contribution in [0.1, 0.15) is 0 Å². The molecule has 1 heterocycles. The molecule has 8 heteroatoms. The number of rotatable bonds is 3. The maximum absolute atomic E-state index is 12.1. The summed E-state index contributed by atoms with van der Waals surface area (Å²) in [6, 6.07) is 7.66. The van der Waals surface area contributed by atoms with Gasteiger partial charge >= 0.3 is 0 Å². The summed E-state index contributed by atoms with van der Waals surface area (Å²) in [6.45, 7) is 0. The standard InChI is InChI=1S/C11H9BrClN3O2S/c12-7-1-3-9(13)10(5-7)16-19(17,18)8-2-4-11(14)15-6-8/h1-6,16H,(H2,14,15). The first-order valence-electron chi connectivity index (χ1n) is 5.08. The van der Waals surface area contributed by atoms with E-state index in [9.17, 15) is 8.42 Å². The van der Waals surface area contributed by atoms with Gasteiger partial charge in [0.1, 0.15) is 10.7 Å². The highest BCUT2D eigenvalue weighted by Gasteiger charge is 2.16. The van der Waals surface area contributed by atoms with Gasteiger partial charge in [-0.15, -0.1) is 0 Å². The van der Waals surface area contributed by atoms with Crippen molar-refractivity contribution in [3.63, 3.8) is 0 Å². The summed E-state index contributed by atoms with van der Waals surface area (Å²) in [5.41, 5.74) is 5.70. The lowest BCUT2D eigenvalue weighted by molar-refractivity contribution is 0.601. The zero-order valence-electron chi connectivity index (χ0n) is 9.47. The van der Waals surface area contributed by atoms with Crippen molar-refractivity contribution in [3.8, 4) is 0 Å². The van der Waals surface area contributed by atoms with Gasteiger partial charge < -0.3 is 5.73 Å². The Morgan fingerprint density at radius 3 is 2.63 bits per heavy atom. The average Bonchev–Trinajstić information content (AvgIpc) is 2.34. The molecule has 0 bridgehead atoms. The Hall–Kier alpha value is -1.31. The van der Waals surface area contributed by atoms with Gasteiger partial charge in [0.25, 0.3) is 10.0 Å². The molecular weight excluding hydrogens is 354 g/mol. The molecule has 0 saturated carbocycles. The van der Waals surface area contributed by atoms with E-state index in [-0.39, 0.29) is 16.4 Å². The number of benzene rings is 1. The molecule has 3 N–H and O–H groups in total. The number of halogens is 2. The van der Waals surface area contributed by atoms with E-state index in [0.29, 0.717) is 9.50 Å². The van der Waals surface area contributed by atoms with E-state index in [1.807, 2.05) is 0 Å². The van der Waals surface area contributed by atoms with Crippen LogP contribution in [0.2, 0.25) is 5.02 Å². The van der Waals surface area contributed by atoms with Crippen molar-refractivity contribution in [2.75, 3.05) is 10.5 Å². The third-order valence-corrected chi connectivity index (χ3v) is 4.42. The van der Waals surface area contributed by atoms with Crippen molar-refractivity contribution >= 4 is 49.1 Å². The minimum Gasteiger partial charge on any atom is -0.384 e. The first-order chi connectivity index (χ1) is 8.88. The highest BCUT2D eigenvalue weighted by atomic mass is 79.9. The van der Waals surface area contributed by atoms with Crippen LogP contribution >= 0.6 is 27.5 Å². The van der Waals surface area contributed by atoms with Crippen LogP contribution in [-0.4, -0.2) is 13.4 Å². The second kappa shape index (κ2) is 5.36. The number of nitrogens with one attached hydrogen (secondary N) is 1. The first-order valence-corrected chi connectivity index (χ1v) is 7.73. The smallest absolute Gasteiger partial charge is 0.263 e. The summed E-state index contributed by atoms with van der Waals surface area (Å²) in [7, 11) is -3.74. The highest BCUT2D eigenvalue weighted by molar-refractivity contribution is 9.10. The lowest BCUT2D eigenvalue weighted by Gasteiger charge is -2.09. The van der Waals surface area contributed by atoms with E-state index >= 15 is 0 Å². The molecule has 0 aliphatic heterocycles. The molecule has 1 aromatic heterocycles. The molecule has 0 aliphatic rings. The Balaban J connectivity index is 2.36. The minimum atomic E-state index is -3.74. The molecule has 100 valence electrons. The van der Waals surface area contributed by atoms with Crippen molar-refractivity contribution in [3.05, 3.63) is 46.0 Å². The molecule has 0 atom stereocenters. The van der Waals surface area contributed by atoms with Crippen LogP contribution in [-0.2, 0) is 10.0 Å². The number of aromatic nitrogens is 1. The Kier molecular flexibility index (Phi) is 3.98. The molecule has 0 saturated heterocycles. The predicted molar refractivity (Wildman–Crippen MR) is 78.6 cm³/mol. The fraction of sp³-hybridized carbons (Fsp3) is 0. The molecule has 0 aliphatic carbocycles. The molecule has 19 heavy (non-hydrogen) atoms. The fourth-order valence-corrected chi connectivity index (χ4v) is 2.93. The largest absolute Gasteiger partial charge is 0.384 e. The summed E-state index contributed by atoms with van der Waals surface area (Å²) < 4.78 is 27.3. The third-order valence-electron chi connectivity index (χ3n) is 2.24. The molecule has 0 unspecified atom stereocenters. The maximum atomic E-state index is 12.1. The summed E-state index contributed by atoms with van der Waals surface area (Å²) in [5, 5.41) is 0.301. The number of anilines is 2. The molecular formula is C11H9BrClN3O2S. The predicted octanol–water partition coefficient (Wildman–Crippen LogP) is 2.88. The van der Waals surface area contributed by atoms with Crippen LogP contribution in [0.4, 0.5) is 11.5 Å². The van der Waals surface area contributed by atoms with E-state index < -0.39 is 10.0 Å². The summed E-state index contributed by atoms with van der Waals surface area (Å²) in [5.74, 6) is 0.249. The zero-order valence-corrected chi connectivity index (χ0v) is 12.6. The Bertz CT molecular complexity index is 704. The molecule has 2 aromatic rings. The second-order valence-electron chi connectivity index (χ2n) is 3.65. The molecule has 0 amide bonds. The van der Waals surface area contributed by atoms with Crippen LogP contribution < -0.4 is 10.5 Å². The molecule has 0 spiro atoms. The number of nitrogens with two attached hydrogens (primary N) is 1. The number of hydrogen-bond acceptors (Lipinski definition) is 4. The van der Waals surface area contributed by atoms with Gasteiger partial charge in [0.05, 0.1) is 10.7 Å². The van der Waals surface area contributed by atoms with E-state index in [1.165, 1.54) is 18.3 Å². The molecule has 1 aromatic carbocycles. The highest BCUT2D eigenvalue weighted by Crippen LogP contribution is 2.27. The fourth-order valence-electron chi connectivity index (χ4n) is 1.33. The zero-order chi connectivity index (χ0) is 14.0. The van der Waals surface area contributed by atoms with Crippen LogP contribution in [0.25, 0.3) is 0 Å². The normalized spacial score (nSPS) is 11.3. The Morgan fingerprint density at radius 1 is 1.26 bits per heavy atom. The number of sulfonamides is 1. The van der Waals surface area contributed by atoms with E-state index in [1.54, 1.807) is 18.2 Å². The van der Waals surface area contributed by atoms with Gasteiger partial charge in [0.2, 0.25) is 0 Å². The van der Waals surface area contributed by atoms with Crippen LogP contribution in [0.3, 0.4) is 0 Å². The Labute approximate surface area is 124 Å². The molecule has 2 rings (SSSR count). The average molecular weight is 363 g/mol. The van der Waals surface area contributed by atoms with Gasteiger partial charge in [0, 0.05) is 10.7 Å².